The van der Waals surface area contributed by atoms with Crippen LogP contribution in [0, 0.1) is 5.92 Å². The lowest BCUT2D eigenvalue weighted by atomic mass is 9.99. The van der Waals surface area contributed by atoms with Crippen LogP contribution in [0.5, 0.6) is 0 Å². The Morgan fingerprint density at radius 2 is 1.77 bits per heavy atom. The minimum atomic E-state index is -0.206. The number of anilines is 3. The fourth-order valence-corrected chi connectivity index (χ4v) is 3.28. The summed E-state index contributed by atoms with van der Waals surface area (Å²) >= 11 is 0. The zero-order valence-electron chi connectivity index (χ0n) is 12.9. The lowest BCUT2D eigenvalue weighted by Crippen LogP contribution is -2.38. The van der Waals surface area contributed by atoms with Gasteiger partial charge in [-0.05, 0) is 31.6 Å². The first-order chi connectivity index (χ1) is 10.7. The summed E-state index contributed by atoms with van der Waals surface area (Å²) in [6, 6.07) is 1.98. The number of piperidine rings is 2. The van der Waals surface area contributed by atoms with Gasteiger partial charge in [0, 0.05) is 38.9 Å². The van der Waals surface area contributed by atoms with Crippen LogP contribution in [0.2, 0.25) is 0 Å². The molecule has 1 atom stereocenters. The Bertz CT molecular complexity index is 505. The molecule has 0 saturated carbocycles. The van der Waals surface area contributed by atoms with Crippen molar-refractivity contribution in [3.8, 4) is 0 Å². The topological polar surface area (TPSA) is 98.7 Å². The number of rotatable bonds is 3. The quantitative estimate of drug-likeness (QED) is 0.735. The van der Waals surface area contributed by atoms with Gasteiger partial charge in [-0.2, -0.15) is 9.97 Å². The molecule has 1 unspecified atom stereocenters. The number of hydrogen-bond acceptors (Lipinski definition) is 7. The molecule has 2 aliphatic rings. The Balaban J connectivity index is 1.77. The number of nitrogens with zero attached hydrogens (tertiary/aromatic N) is 4. The lowest BCUT2D eigenvalue weighted by molar-refractivity contribution is 0.145. The standard InChI is InChI=1S/C15H25N5O2/c16-15-17-13(19-6-3-12(22)4-7-19)8-14(18-15)20-5-1-2-11(9-20)10-21/h8,11-12,21-22H,1-7,9-10H2,(H2,16,17,18). The van der Waals surface area contributed by atoms with E-state index in [9.17, 15) is 10.2 Å². The van der Waals surface area contributed by atoms with Crippen molar-refractivity contribution >= 4 is 17.6 Å². The molecule has 0 aromatic carbocycles. The van der Waals surface area contributed by atoms with Crippen LogP contribution in [-0.4, -0.2) is 59.1 Å². The van der Waals surface area contributed by atoms with E-state index in [2.05, 4.69) is 19.8 Å². The maximum Gasteiger partial charge on any atom is 0.223 e. The Morgan fingerprint density at radius 1 is 1.09 bits per heavy atom. The van der Waals surface area contributed by atoms with E-state index in [4.69, 9.17) is 5.73 Å². The Hall–Kier alpha value is -1.60. The number of aromatic nitrogens is 2. The van der Waals surface area contributed by atoms with Crippen LogP contribution in [0.15, 0.2) is 6.07 Å². The van der Waals surface area contributed by atoms with Crippen molar-refractivity contribution in [3.63, 3.8) is 0 Å². The molecular weight excluding hydrogens is 282 g/mol. The van der Waals surface area contributed by atoms with E-state index in [-0.39, 0.29) is 18.7 Å². The van der Waals surface area contributed by atoms with Crippen molar-refractivity contribution in [2.45, 2.75) is 31.8 Å². The van der Waals surface area contributed by atoms with Crippen LogP contribution < -0.4 is 15.5 Å². The molecule has 0 radical (unpaired) electrons. The number of aliphatic hydroxyl groups excluding tert-OH is 2. The van der Waals surface area contributed by atoms with Gasteiger partial charge in [0.15, 0.2) is 0 Å². The highest BCUT2D eigenvalue weighted by Crippen LogP contribution is 2.26. The lowest BCUT2D eigenvalue weighted by Gasteiger charge is -2.34. The van der Waals surface area contributed by atoms with Gasteiger partial charge in [-0.1, -0.05) is 0 Å². The van der Waals surface area contributed by atoms with Crippen LogP contribution in [0.1, 0.15) is 25.7 Å². The Labute approximate surface area is 130 Å². The van der Waals surface area contributed by atoms with Gasteiger partial charge in [0.25, 0.3) is 0 Å². The second kappa shape index (κ2) is 6.66. The molecule has 3 rings (SSSR count). The fourth-order valence-electron chi connectivity index (χ4n) is 3.28. The Kier molecular flexibility index (Phi) is 4.63. The first-order valence-electron chi connectivity index (χ1n) is 8.09. The summed E-state index contributed by atoms with van der Waals surface area (Å²) in [5.74, 6) is 2.26. The number of nitrogen functional groups attached to an aromatic ring is 1. The van der Waals surface area contributed by atoms with Gasteiger partial charge in [-0.15, -0.1) is 0 Å². The summed E-state index contributed by atoms with van der Waals surface area (Å²) < 4.78 is 0. The summed E-state index contributed by atoms with van der Waals surface area (Å²) in [4.78, 5) is 13.1. The van der Waals surface area contributed by atoms with Crippen molar-refractivity contribution in [3.05, 3.63) is 6.07 Å². The first kappa shape index (κ1) is 15.3. The highest BCUT2D eigenvalue weighted by molar-refractivity contribution is 5.54. The van der Waals surface area contributed by atoms with E-state index in [0.29, 0.717) is 5.92 Å². The summed E-state index contributed by atoms with van der Waals surface area (Å²) in [5.41, 5.74) is 5.89. The molecule has 0 bridgehead atoms. The fraction of sp³-hybridized carbons (Fsp3) is 0.733. The monoisotopic (exact) mass is 307 g/mol. The van der Waals surface area contributed by atoms with Crippen molar-refractivity contribution in [1.82, 2.24) is 9.97 Å². The van der Waals surface area contributed by atoms with Crippen LogP contribution in [-0.2, 0) is 0 Å². The minimum Gasteiger partial charge on any atom is -0.396 e. The van der Waals surface area contributed by atoms with E-state index in [1.165, 1.54) is 0 Å². The van der Waals surface area contributed by atoms with E-state index < -0.39 is 0 Å². The predicted molar refractivity (Wildman–Crippen MR) is 85.9 cm³/mol. The highest BCUT2D eigenvalue weighted by Gasteiger charge is 2.23. The molecule has 0 spiro atoms. The van der Waals surface area contributed by atoms with Gasteiger partial charge < -0.3 is 25.7 Å². The van der Waals surface area contributed by atoms with Gasteiger partial charge in [0.1, 0.15) is 11.6 Å². The average molecular weight is 307 g/mol. The zero-order valence-corrected chi connectivity index (χ0v) is 12.9. The molecule has 3 heterocycles. The first-order valence-corrected chi connectivity index (χ1v) is 8.09. The molecule has 22 heavy (non-hydrogen) atoms. The van der Waals surface area contributed by atoms with Crippen LogP contribution in [0.4, 0.5) is 17.6 Å². The molecule has 4 N–H and O–H groups in total. The van der Waals surface area contributed by atoms with E-state index in [1.54, 1.807) is 0 Å². The predicted octanol–water partition coefficient (Wildman–Crippen LogP) is 0.229. The van der Waals surface area contributed by atoms with Gasteiger partial charge >= 0.3 is 0 Å². The maximum atomic E-state index is 9.63. The molecule has 0 aliphatic carbocycles. The summed E-state index contributed by atoms with van der Waals surface area (Å²) in [6.45, 7) is 3.54. The highest BCUT2D eigenvalue weighted by atomic mass is 16.3. The van der Waals surface area contributed by atoms with Crippen LogP contribution in [0.25, 0.3) is 0 Å². The normalized spacial score (nSPS) is 23.8. The second-order valence-corrected chi connectivity index (χ2v) is 6.30. The Morgan fingerprint density at radius 3 is 2.45 bits per heavy atom. The largest absolute Gasteiger partial charge is 0.396 e. The second-order valence-electron chi connectivity index (χ2n) is 6.30. The third-order valence-corrected chi connectivity index (χ3v) is 4.61. The van der Waals surface area contributed by atoms with Gasteiger partial charge in [-0.3, -0.25) is 0 Å². The molecule has 7 heteroatoms. The number of hydrogen-bond donors (Lipinski definition) is 3. The third-order valence-electron chi connectivity index (χ3n) is 4.61. The molecule has 1 aromatic heterocycles. The van der Waals surface area contributed by atoms with Crippen LogP contribution in [0.3, 0.4) is 0 Å². The van der Waals surface area contributed by atoms with Gasteiger partial charge in [0.2, 0.25) is 5.95 Å². The third kappa shape index (κ3) is 3.41. The zero-order chi connectivity index (χ0) is 15.5. The summed E-state index contributed by atoms with van der Waals surface area (Å²) in [6.07, 6.45) is 3.43. The van der Waals surface area contributed by atoms with Crippen molar-refractivity contribution < 1.29 is 10.2 Å². The van der Waals surface area contributed by atoms with Crippen LogP contribution >= 0.6 is 0 Å². The van der Waals surface area contributed by atoms with E-state index in [0.717, 1.165) is 63.5 Å². The molecule has 7 nitrogen and oxygen atoms in total. The molecule has 2 saturated heterocycles. The smallest absolute Gasteiger partial charge is 0.223 e. The van der Waals surface area contributed by atoms with Gasteiger partial charge in [0.05, 0.1) is 6.10 Å². The van der Waals surface area contributed by atoms with E-state index in [1.807, 2.05) is 6.07 Å². The average Bonchev–Trinajstić information content (AvgIpc) is 2.55. The minimum absolute atomic E-state index is 0.206. The number of aliphatic hydroxyl groups is 2. The molecule has 2 aliphatic heterocycles. The summed E-state index contributed by atoms with van der Waals surface area (Å²) in [5, 5.41) is 19.0. The van der Waals surface area contributed by atoms with Crippen molar-refractivity contribution in [2.75, 3.05) is 48.3 Å². The molecule has 122 valence electrons. The SMILES string of the molecule is Nc1nc(N2CCC(O)CC2)cc(N2CCCC(CO)C2)n1. The molecular formula is C15H25N5O2. The van der Waals surface area contributed by atoms with Gasteiger partial charge in [-0.25, -0.2) is 0 Å². The van der Waals surface area contributed by atoms with Crippen molar-refractivity contribution in [1.29, 1.82) is 0 Å². The molecule has 2 fully saturated rings. The number of nitrogens with two attached hydrogens (primary N) is 1. The van der Waals surface area contributed by atoms with Crippen molar-refractivity contribution in [2.24, 2.45) is 5.92 Å². The molecule has 1 aromatic rings. The van der Waals surface area contributed by atoms with E-state index >= 15 is 0 Å². The summed E-state index contributed by atoms with van der Waals surface area (Å²) in [7, 11) is 0. The molecule has 0 amide bonds. The maximum absolute atomic E-state index is 9.63.